The van der Waals surface area contributed by atoms with E-state index in [2.05, 4.69) is 4.98 Å². The average molecular weight is 507 g/mol. The number of hydrogen-bond donors (Lipinski definition) is 1. The van der Waals surface area contributed by atoms with Gasteiger partial charge in [-0.3, -0.25) is 24.3 Å². The van der Waals surface area contributed by atoms with E-state index in [4.69, 9.17) is 21.1 Å². The summed E-state index contributed by atoms with van der Waals surface area (Å²) in [5.41, 5.74) is 1.91. The summed E-state index contributed by atoms with van der Waals surface area (Å²) in [5.74, 6) is -2.03. The number of nitrogens with zero attached hydrogens (tertiary/aromatic N) is 2. The summed E-state index contributed by atoms with van der Waals surface area (Å²) >= 11 is 6.11. The number of carbonyl (C=O) groups excluding carboxylic acids is 3. The Morgan fingerprint density at radius 2 is 1.78 bits per heavy atom. The van der Waals surface area contributed by atoms with E-state index in [1.807, 2.05) is 0 Å². The Labute approximate surface area is 212 Å². The van der Waals surface area contributed by atoms with Crippen LogP contribution in [0.2, 0.25) is 5.02 Å². The van der Waals surface area contributed by atoms with Crippen LogP contribution in [-0.2, 0) is 25.5 Å². The molecule has 1 saturated heterocycles. The Balaban J connectivity index is 1.81. The monoisotopic (exact) mass is 506 g/mol. The molecule has 1 atom stereocenters. The summed E-state index contributed by atoms with van der Waals surface area (Å²) in [6.45, 7) is 2.02. The van der Waals surface area contributed by atoms with Crippen LogP contribution in [0.1, 0.15) is 29.7 Å². The topological polar surface area (TPSA) is 106 Å². The number of anilines is 1. The zero-order valence-electron chi connectivity index (χ0n) is 19.6. The minimum atomic E-state index is -0.912. The predicted octanol–water partition coefficient (Wildman–Crippen LogP) is 4.48. The third-order valence-electron chi connectivity index (χ3n) is 5.76. The minimum Gasteiger partial charge on any atom is -0.507 e. The van der Waals surface area contributed by atoms with Gasteiger partial charge in [-0.05, 0) is 60.5 Å². The van der Waals surface area contributed by atoms with E-state index in [0.717, 1.165) is 0 Å². The van der Waals surface area contributed by atoms with E-state index in [-0.39, 0.29) is 35.9 Å². The van der Waals surface area contributed by atoms with Crippen LogP contribution in [0.25, 0.3) is 5.76 Å². The summed E-state index contributed by atoms with van der Waals surface area (Å²) < 4.78 is 10.2. The van der Waals surface area contributed by atoms with Crippen molar-refractivity contribution < 1.29 is 29.0 Å². The van der Waals surface area contributed by atoms with Crippen LogP contribution in [0, 0.1) is 0 Å². The number of Topliss-reactive ketones (excluding diaryl/α,β-unsaturated/α-hetero) is 1. The summed E-state index contributed by atoms with van der Waals surface area (Å²) in [6, 6.07) is 13.7. The van der Waals surface area contributed by atoms with Crippen LogP contribution < -0.4 is 9.64 Å². The molecule has 0 bridgehead atoms. The van der Waals surface area contributed by atoms with Crippen LogP contribution in [-0.4, -0.2) is 41.5 Å². The Kier molecular flexibility index (Phi) is 7.36. The third kappa shape index (κ3) is 4.81. The molecule has 1 amide bonds. The zero-order chi connectivity index (χ0) is 25.8. The van der Waals surface area contributed by atoms with Gasteiger partial charge in [-0.2, -0.15) is 0 Å². The third-order valence-corrected chi connectivity index (χ3v) is 6.07. The van der Waals surface area contributed by atoms with Crippen LogP contribution in [0.15, 0.2) is 72.6 Å². The van der Waals surface area contributed by atoms with Crippen molar-refractivity contribution in [1.29, 1.82) is 0 Å². The van der Waals surface area contributed by atoms with Gasteiger partial charge in [0.15, 0.2) is 0 Å². The molecule has 1 aromatic heterocycles. The lowest BCUT2D eigenvalue weighted by Gasteiger charge is -2.25. The van der Waals surface area contributed by atoms with Gasteiger partial charge in [-0.15, -0.1) is 0 Å². The molecule has 3 aromatic rings. The van der Waals surface area contributed by atoms with Crippen molar-refractivity contribution in [1.82, 2.24) is 4.98 Å². The summed E-state index contributed by atoms with van der Waals surface area (Å²) in [6.07, 6.45) is 3.17. The standard InChI is InChI=1S/C27H23ClN2O6/c1-3-36-22(31)14-16-4-7-19(8-5-16)30-24(17-10-12-29-13-11-17)23(26(33)27(30)34)25(32)18-6-9-20(28)21(15-18)35-2/h4-13,15,24,32H,3,14H2,1-2H3/b25-23-. The summed E-state index contributed by atoms with van der Waals surface area (Å²) in [5, 5.41) is 11.6. The van der Waals surface area contributed by atoms with Gasteiger partial charge >= 0.3 is 5.97 Å². The number of ketones is 1. The first-order valence-corrected chi connectivity index (χ1v) is 11.5. The van der Waals surface area contributed by atoms with Gasteiger partial charge in [0, 0.05) is 23.6 Å². The summed E-state index contributed by atoms with van der Waals surface area (Å²) in [4.78, 5) is 43.7. The number of ether oxygens (including phenoxy) is 2. The number of halogens is 1. The first-order chi connectivity index (χ1) is 17.3. The normalized spacial score (nSPS) is 16.8. The van der Waals surface area contributed by atoms with Gasteiger partial charge < -0.3 is 14.6 Å². The highest BCUT2D eigenvalue weighted by Gasteiger charge is 2.47. The van der Waals surface area contributed by atoms with Crippen molar-refractivity contribution in [2.45, 2.75) is 19.4 Å². The van der Waals surface area contributed by atoms with Gasteiger partial charge in [-0.1, -0.05) is 23.7 Å². The molecule has 1 aliphatic heterocycles. The smallest absolute Gasteiger partial charge is 0.310 e. The zero-order valence-corrected chi connectivity index (χ0v) is 20.4. The molecule has 0 radical (unpaired) electrons. The molecule has 2 heterocycles. The number of aliphatic hydroxyl groups is 1. The highest BCUT2D eigenvalue weighted by molar-refractivity contribution is 6.51. The van der Waals surface area contributed by atoms with Crippen molar-refractivity contribution in [3.05, 3.63) is 94.3 Å². The second-order valence-corrected chi connectivity index (χ2v) is 8.35. The van der Waals surface area contributed by atoms with E-state index in [1.165, 1.54) is 24.1 Å². The fraction of sp³-hybridized carbons (Fsp3) is 0.185. The number of hydrogen-bond acceptors (Lipinski definition) is 7. The van der Waals surface area contributed by atoms with Crippen LogP contribution in [0.4, 0.5) is 5.69 Å². The highest BCUT2D eigenvalue weighted by atomic mass is 35.5. The second-order valence-electron chi connectivity index (χ2n) is 7.95. The van der Waals surface area contributed by atoms with Crippen LogP contribution >= 0.6 is 11.6 Å². The quantitative estimate of drug-likeness (QED) is 0.218. The number of rotatable bonds is 7. The fourth-order valence-corrected chi connectivity index (χ4v) is 4.27. The van der Waals surface area contributed by atoms with E-state index < -0.39 is 17.7 Å². The molecule has 8 nitrogen and oxygen atoms in total. The molecule has 184 valence electrons. The number of pyridine rings is 1. The Hall–Kier alpha value is -4.17. The number of carbonyl (C=O) groups is 3. The van der Waals surface area contributed by atoms with E-state index in [0.29, 0.717) is 27.6 Å². The largest absolute Gasteiger partial charge is 0.507 e. The summed E-state index contributed by atoms with van der Waals surface area (Å²) in [7, 11) is 1.44. The number of esters is 1. The maximum Gasteiger partial charge on any atom is 0.310 e. The molecule has 0 spiro atoms. The van der Waals surface area contributed by atoms with Gasteiger partial charge in [-0.25, -0.2) is 0 Å². The molecule has 36 heavy (non-hydrogen) atoms. The lowest BCUT2D eigenvalue weighted by Crippen LogP contribution is -2.29. The molecular weight excluding hydrogens is 484 g/mol. The number of amides is 1. The number of methoxy groups -OCH3 is 1. The van der Waals surface area contributed by atoms with Crippen LogP contribution in [0.5, 0.6) is 5.75 Å². The number of benzene rings is 2. The molecule has 1 fully saturated rings. The van der Waals surface area contributed by atoms with Crippen molar-refractivity contribution in [2.24, 2.45) is 0 Å². The van der Waals surface area contributed by atoms with Gasteiger partial charge in [0.2, 0.25) is 0 Å². The van der Waals surface area contributed by atoms with Crippen molar-refractivity contribution in [3.63, 3.8) is 0 Å². The van der Waals surface area contributed by atoms with Gasteiger partial charge in [0.25, 0.3) is 11.7 Å². The second kappa shape index (κ2) is 10.6. The van der Waals surface area contributed by atoms with Crippen LogP contribution in [0.3, 0.4) is 0 Å². The SMILES string of the molecule is CCOC(=O)Cc1ccc(N2C(=O)C(=O)/C(=C(\O)c3ccc(Cl)c(OC)c3)C2c2ccncc2)cc1. The Morgan fingerprint density at radius 1 is 1.08 bits per heavy atom. The highest BCUT2D eigenvalue weighted by Crippen LogP contribution is 2.42. The van der Waals surface area contributed by atoms with Gasteiger partial charge in [0.05, 0.1) is 36.8 Å². The van der Waals surface area contributed by atoms with Gasteiger partial charge in [0.1, 0.15) is 11.5 Å². The Bertz CT molecular complexity index is 1340. The van der Waals surface area contributed by atoms with E-state index in [9.17, 15) is 19.5 Å². The molecule has 0 saturated carbocycles. The number of aliphatic hydroxyl groups excluding tert-OH is 1. The molecular formula is C27H23ClN2O6. The molecule has 2 aromatic carbocycles. The minimum absolute atomic E-state index is 0.0776. The van der Waals surface area contributed by atoms with Crippen molar-refractivity contribution in [3.8, 4) is 5.75 Å². The van der Waals surface area contributed by atoms with Crippen molar-refractivity contribution >= 4 is 40.7 Å². The fourth-order valence-electron chi connectivity index (χ4n) is 4.08. The first kappa shape index (κ1) is 24.9. The molecule has 0 aliphatic carbocycles. The lowest BCUT2D eigenvalue weighted by atomic mass is 9.95. The molecule has 1 aliphatic rings. The van der Waals surface area contributed by atoms with E-state index >= 15 is 0 Å². The first-order valence-electron chi connectivity index (χ1n) is 11.1. The Morgan fingerprint density at radius 3 is 2.42 bits per heavy atom. The number of aromatic nitrogens is 1. The molecule has 9 heteroatoms. The lowest BCUT2D eigenvalue weighted by molar-refractivity contribution is -0.142. The molecule has 1 unspecified atom stereocenters. The average Bonchev–Trinajstić information content (AvgIpc) is 3.15. The van der Waals surface area contributed by atoms with Crippen molar-refractivity contribution in [2.75, 3.05) is 18.6 Å². The maximum atomic E-state index is 13.3. The molecule has 4 rings (SSSR count). The van der Waals surface area contributed by atoms with E-state index in [1.54, 1.807) is 61.8 Å². The maximum absolute atomic E-state index is 13.3. The molecule has 1 N–H and O–H groups in total. The predicted molar refractivity (Wildman–Crippen MR) is 134 cm³/mol.